The fourth-order valence-electron chi connectivity index (χ4n) is 1.48. The first kappa shape index (κ1) is 13.3. The summed E-state index contributed by atoms with van der Waals surface area (Å²) in [5.41, 5.74) is 2.64. The Labute approximate surface area is 102 Å². The molecule has 0 saturated heterocycles. The molecule has 1 rings (SSSR count). The number of ether oxygens (including phenoxy) is 2. The summed E-state index contributed by atoms with van der Waals surface area (Å²) in [6, 6.07) is 5.31. The molecule has 0 amide bonds. The molecule has 0 aliphatic heterocycles. The van der Waals surface area contributed by atoms with Gasteiger partial charge in [-0.05, 0) is 32.9 Å². The molecule has 0 saturated carbocycles. The molecule has 0 atom stereocenters. The number of carbonyl (C=O) groups excluding carboxylic acids is 1. The Morgan fingerprint density at radius 2 is 2.06 bits per heavy atom. The third-order valence-corrected chi connectivity index (χ3v) is 2.19. The van der Waals surface area contributed by atoms with Gasteiger partial charge in [-0.15, -0.1) is 0 Å². The van der Waals surface area contributed by atoms with Crippen molar-refractivity contribution >= 4 is 12.0 Å². The van der Waals surface area contributed by atoms with E-state index in [4.69, 9.17) is 9.47 Å². The first-order valence-electron chi connectivity index (χ1n) is 5.58. The molecule has 0 bridgehead atoms. The number of esters is 1. The van der Waals surface area contributed by atoms with Crippen LogP contribution in [0.15, 0.2) is 23.8 Å². The van der Waals surface area contributed by atoms with Crippen LogP contribution in [-0.4, -0.2) is 19.7 Å². The Balaban J connectivity index is 3.08. The number of methoxy groups -OCH3 is 1. The second kappa shape index (κ2) is 6.09. The number of hydrogen-bond donors (Lipinski definition) is 0. The fraction of sp³-hybridized carbons (Fsp3) is 0.357. The van der Waals surface area contributed by atoms with E-state index in [1.807, 2.05) is 26.0 Å². The van der Waals surface area contributed by atoms with Gasteiger partial charge < -0.3 is 9.47 Å². The van der Waals surface area contributed by atoms with Gasteiger partial charge in [0.15, 0.2) is 0 Å². The van der Waals surface area contributed by atoms with Gasteiger partial charge in [0.05, 0.1) is 19.3 Å². The van der Waals surface area contributed by atoms with E-state index in [9.17, 15) is 4.79 Å². The molecule has 0 aliphatic carbocycles. The Morgan fingerprint density at radius 3 is 2.59 bits per heavy atom. The minimum Gasteiger partial charge on any atom is -0.496 e. The zero-order chi connectivity index (χ0) is 12.8. The van der Waals surface area contributed by atoms with Crippen LogP contribution in [0, 0.1) is 0 Å². The molecule has 0 unspecified atom stereocenters. The fourth-order valence-corrected chi connectivity index (χ4v) is 1.48. The van der Waals surface area contributed by atoms with Gasteiger partial charge in [-0.25, -0.2) is 4.79 Å². The zero-order valence-electron chi connectivity index (χ0n) is 10.7. The molecule has 0 aliphatic rings. The summed E-state index contributed by atoms with van der Waals surface area (Å²) in [4.78, 5) is 11.6. The molecular formula is C14H18O3. The van der Waals surface area contributed by atoms with Gasteiger partial charge >= 0.3 is 5.97 Å². The second-order valence-corrected chi connectivity index (χ2v) is 3.90. The van der Waals surface area contributed by atoms with Crippen LogP contribution >= 0.6 is 0 Å². The average molecular weight is 234 g/mol. The number of hydrogen-bond acceptors (Lipinski definition) is 3. The number of benzene rings is 1. The van der Waals surface area contributed by atoms with Crippen molar-refractivity contribution in [3.05, 3.63) is 34.9 Å². The first-order valence-corrected chi connectivity index (χ1v) is 5.58. The first-order chi connectivity index (χ1) is 8.08. The van der Waals surface area contributed by atoms with E-state index in [0.717, 1.165) is 5.56 Å². The molecule has 0 radical (unpaired) electrons. The number of rotatable bonds is 4. The molecule has 0 fully saturated rings. The van der Waals surface area contributed by atoms with E-state index in [1.54, 1.807) is 26.2 Å². The molecule has 1 aromatic carbocycles. The molecule has 0 aromatic heterocycles. The predicted octanol–water partition coefficient (Wildman–Crippen LogP) is 3.30. The third kappa shape index (κ3) is 3.63. The van der Waals surface area contributed by atoms with Gasteiger partial charge in [-0.1, -0.05) is 17.7 Å². The maximum Gasteiger partial charge on any atom is 0.338 e. The molecule has 17 heavy (non-hydrogen) atoms. The minimum absolute atomic E-state index is 0.324. The van der Waals surface area contributed by atoms with Crippen molar-refractivity contribution in [3.63, 3.8) is 0 Å². The topological polar surface area (TPSA) is 35.5 Å². The summed E-state index contributed by atoms with van der Waals surface area (Å²) in [7, 11) is 1.59. The van der Waals surface area contributed by atoms with Crippen LogP contribution in [0.4, 0.5) is 0 Å². The summed E-state index contributed by atoms with van der Waals surface area (Å²) < 4.78 is 10.2. The van der Waals surface area contributed by atoms with Crippen molar-refractivity contribution in [2.45, 2.75) is 20.8 Å². The van der Waals surface area contributed by atoms with E-state index in [-0.39, 0.29) is 5.97 Å². The molecule has 0 N–H and O–H groups in total. The summed E-state index contributed by atoms with van der Waals surface area (Å²) in [6.45, 7) is 6.18. The second-order valence-electron chi connectivity index (χ2n) is 3.90. The van der Waals surface area contributed by atoms with Crippen molar-refractivity contribution < 1.29 is 14.3 Å². The third-order valence-electron chi connectivity index (χ3n) is 2.19. The van der Waals surface area contributed by atoms with Crippen LogP contribution in [0.2, 0.25) is 0 Å². The predicted molar refractivity (Wildman–Crippen MR) is 68.3 cm³/mol. The maximum absolute atomic E-state index is 11.6. The lowest BCUT2D eigenvalue weighted by Crippen LogP contribution is -2.05. The van der Waals surface area contributed by atoms with Crippen molar-refractivity contribution in [2.24, 2.45) is 0 Å². The Bertz CT molecular complexity index is 429. The van der Waals surface area contributed by atoms with Gasteiger partial charge in [0, 0.05) is 5.56 Å². The van der Waals surface area contributed by atoms with Gasteiger partial charge in [-0.3, -0.25) is 0 Å². The van der Waals surface area contributed by atoms with E-state index in [1.165, 1.54) is 5.57 Å². The quantitative estimate of drug-likeness (QED) is 0.750. The van der Waals surface area contributed by atoms with Gasteiger partial charge in [0.2, 0.25) is 0 Å². The summed E-state index contributed by atoms with van der Waals surface area (Å²) in [6.07, 6.45) is 2.01. The van der Waals surface area contributed by atoms with Gasteiger partial charge in [0.25, 0.3) is 0 Å². The molecule has 0 spiro atoms. The lowest BCUT2D eigenvalue weighted by atomic mass is 10.1. The number of allylic oxidation sites excluding steroid dienone is 1. The molecule has 3 heteroatoms. The monoisotopic (exact) mass is 234 g/mol. The van der Waals surface area contributed by atoms with Crippen LogP contribution in [0.3, 0.4) is 0 Å². The lowest BCUT2D eigenvalue weighted by Gasteiger charge is -2.08. The molecule has 1 aromatic rings. The van der Waals surface area contributed by atoms with Crippen molar-refractivity contribution in [3.8, 4) is 5.75 Å². The SMILES string of the molecule is CCOC(=O)c1ccc(C=C(C)C)c(OC)c1. The molecule has 0 heterocycles. The average Bonchev–Trinajstić information content (AvgIpc) is 2.29. The van der Waals surface area contributed by atoms with E-state index in [2.05, 4.69) is 0 Å². The van der Waals surface area contributed by atoms with Gasteiger partial charge in [0.1, 0.15) is 5.75 Å². The van der Waals surface area contributed by atoms with E-state index < -0.39 is 0 Å². The van der Waals surface area contributed by atoms with Crippen molar-refractivity contribution in [2.75, 3.05) is 13.7 Å². The van der Waals surface area contributed by atoms with Crippen molar-refractivity contribution in [1.29, 1.82) is 0 Å². The summed E-state index contributed by atoms with van der Waals surface area (Å²) in [5.74, 6) is 0.353. The number of carbonyl (C=O) groups is 1. The highest BCUT2D eigenvalue weighted by Crippen LogP contribution is 2.23. The smallest absolute Gasteiger partial charge is 0.338 e. The Kier molecular flexibility index (Phi) is 4.76. The summed E-state index contributed by atoms with van der Waals surface area (Å²) in [5, 5.41) is 0. The summed E-state index contributed by atoms with van der Waals surface area (Å²) >= 11 is 0. The molecule has 3 nitrogen and oxygen atoms in total. The van der Waals surface area contributed by atoms with E-state index >= 15 is 0 Å². The Morgan fingerprint density at radius 1 is 1.35 bits per heavy atom. The highest BCUT2D eigenvalue weighted by atomic mass is 16.5. The highest BCUT2D eigenvalue weighted by molar-refractivity contribution is 5.90. The minimum atomic E-state index is -0.324. The van der Waals surface area contributed by atoms with Crippen LogP contribution in [0.5, 0.6) is 5.75 Å². The van der Waals surface area contributed by atoms with E-state index in [0.29, 0.717) is 17.9 Å². The van der Waals surface area contributed by atoms with Gasteiger partial charge in [-0.2, -0.15) is 0 Å². The largest absolute Gasteiger partial charge is 0.496 e. The van der Waals surface area contributed by atoms with Crippen LogP contribution in [-0.2, 0) is 4.74 Å². The zero-order valence-corrected chi connectivity index (χ0v) is 10.7. The molecule has 92 valence electrons. The van der Waals surface area contributed by atoms with Crippen LogP contribution in [0.1, 0.15) is 36.7 Å². The lowest BCUT2D eigenvalue weighted by molar-refractivity contribution is 0.0526. The van der Waals surface area contributed by atoms with Crippen molar-refractivity contribution in [1.82, 2.24) is 0 Å². The molecular weight excluding hydrogens is 216 g/mol. The standard InChI is InChI=1S/C14H18O3/c1-5-17-14(15)12-7-6-11(8-10(2)3)13(9-12)16-4/h6-9H,5H2,1-4H3. The normalized spacial score (nSPS) is 9.65. The highest BCUT2D eigenvalue weighted by Gasteiger charge is 2.09. The van der Waals surface area contributed by atoms with Crippen LogP contribution < -0.4 is 4.74 Å². The van der Waals surface area contributed by atoms with Crippen LogP contribution in [0.25, 0.3) is 6.08 Å². The maximum atomic E-state index is 11.6. The Hall–Kier alpha value is -1.77.